The number of rotatable bonds is 4. The number of nitrogens with one attached hydrogen (secondary N) is 1. The van der Waals surface area contributed by atoms with Crippen LogP contribution in [0.4, 0.5) is 0 Å². The van der Waals surface area contributed by atoms with Gasteiger partial charge in [0, 0.05) is 17.6 Å². The van der Waals surface area contributed by atoms with E-state index >= 15 is 0 Å². The van der Waals surface area contributed by atoms with E-state index in [0.29, 0.717) is 6.54 Å². The maximum atomic E-state index is 12.2. The van der Waals surface area contributed by atoms with E-state index in [-0.39, 0.29) is 11.4 Å². The summed E-state index contributed by atoms with van der Waals surface area (Å²) >= 11 is 0. The highest BCUT2D eigenvalue weighted by Crippen LogP contribution is 2.19. The Balaban J connectivity index is 1.90. The molecule has 0 unspecified atom stereocenters. The van der Waals surface area contributed by atoms with Crippen LogP contribution in [0.15, 0.2) is 24.3 Å². The molecule has 1 aromatic carbocycles. The molecule has 1 fully saturated rings. The Kier molecular flexibility index (Phi) is 4.81. The van der Waals surface area contributed by atoms with E-state index in [4.69, 9.17) is 0 Å². The summed E-state index contributed by atoms with van der Waals surface area (Å²) in [5.74, 6) is 0.0232. The normalized spacial score (nSPS) is 16.9. The zero-order valence-corrected chi connectivity index (χ0v) is 12.9. The van der Waals surface area contributed by atoms with E-state index in [0.717, 1.165) is 18.7 Å². The van der Waals surface area contributed by atoms with Gasteiger partial charge in [0.25, 0.3) is 5.91 Å². The van der Waals surface area contributed by atoms with Crippen LogP contribution in [0.25, 0.3) is 0 Å². The summed E-state index contributed by atoms with van der Waals surface area (Å²) in [5.41, 5.74) is 1.95. The molecule has 0 aromatic heterocycles. The second-order valence-electron chi connectivity index (χ2n) is 6.41. The first kappa shape index (κ1) is 15.0. The summed E-state index contributed by atoms with van der Waals surface area (Å²) in [6, 6.07) is 7.73. The van der Waals surface area contributed by atoms with Crippen LogP contribution in [0.5, 0.6) is 0 Å². The summed E-state index contributed by atoms with van der Waals surface area (Å²) in [5, 5.41) is 3.08. The zero-order chi connectivity index (χ0) is 14.6. The topological polar surface area (TPSA) is 32.3 Å². The van der Waals surface area contributed by atoms with Crippen molar-refractivity contribution in [3.63, 3.8) is 0 Å². The monoisotopic (exact) mass is 274 g/mol. The van der Waals surface area contributed by atoms with Crippen LogP contribution >= 0.6 is 0 Å². The highest BCUT2D eigenvalue weighted by atomic mass is 16.1. The molecule has 1 aliphatic rings. The van der Waals surface area contributed by atoms with Crippen LogP contribution < -0.4 is 5.32 Å². The molecule has 20 heavy (non-hydrogen) atoms. The molecule has 0 saturated carbocycles. The quantitative estimate of drug-likeness (QED) is 0.915. The molecule has 0 spiro atoms. The lowest BCUT2D eigenvalue weighted by molar-refractivity contribution is 0.0797. The lowest BCUT2D eigenvalue weighted by Crippen LogP contribution is -2.53. The Morgan fingerprint density at radius 1 is 1.15 bits per heavy atom. The Morgan fingerprint density at radius 2 is 1.75 bits per heavy atom. The molecular weight excluding hydrogens is 248 g/mol. The fraction of sp³-hybridized carbons (Fsp3) is 0.588. The number of benzene rings is 1. The fourth-order valence-corrected chi connectivity index (χ4v) is 2.71. The Hall–Kier alpha value is -1.35. The van der Waals surface area contributed by atoms with Crippen molar-refractivity contribution >= 4 is 5.91 Å². The van der Waals surface area contributed by atoms with Crippen molar-refractivity contribution in [2.45, 2.75) is 45.6 Å². The molecule has 3 heteroatoms. The van der Waals surface area contributed by atoms with Gasteiger partial charge in [0.15, 0.2) is 0 Å². The first-order valence-corrected chi connectivity index (χ1v) is 7.59. The Labute approximate surface area is 122 Å². The molecule has 1 saturated heterocycles. The van der Waals surface area contributed by atoms with Gasteiger partial charge in [0.05, 0.1) is 0 Å². The molecule has 1 N–H and O–H groups in total. The van der Waals surface area contributed by atoms with Crippen LogP contribution in [-0.4, -0.2) is 36.0 Å². The van der Waals surface area contributed by atoms with E-state index in [9.17, 15) is 4.79 Å². The van der Waals surface area contributed by atoms with Crippen molar-refractivity contribution in [3.05, 3.63) is 35.4 Å². The molecule has 2 rings (SSSR count). The van der Waals surface area contributed by atoms with Crippen molar-refractivity contribution in [1.29, 1.82) is 0 Å². The summed E-state index contributed by atoms with van der Waals surface area (Å²) in [6.45, 7) is 9.45. The van der Waals surface area contributed by atoms with Gasteiger partial charge >= 0.3 is 0 Å². The van der Waals surface area contributed by atoms with Crippen LogP contribution in [0.3, 0.4) is 0 Å². The van der Waals surface area contributed by atoms with Gasteiger partial charge in [-0.3, -0.25) is 9.69 Å². The van der Waals surface area contributed by atoms with Gasteiger partial charge in [-0.1, -0.05) is 24.1 Å². The molecule has 1 heterocycles. The Morgan fingerprint density at radius 3 is 2.35 bits per heavy atom. The predicted octanol–water partition coefficient (Wildman–Crippen LogP) is 2.99. The van der Waals surface area contributed by atoms with Gasteiger partial charge in [-0.05, 0) is 58.8 Å². The van der Waals surface area contributed by atoms with E-state index in [1.165, 1.54) is 24.8 Å². The Bertz CT molecular complexity index is 445. The van der Waals surface area contributed by atoms with Gasteiger partial charge in [-0.25, -0.2) is 0 Å². The molecule has 0 aliphatic carbocycles. The van der Waals surface area contributed by atoms with Gasteiger partial charge in [-0.15, -0.1) is 0 Å². The van der Waals surface area contributed by atoms with E-state index in [1.54, 1.807) is 0 Å². The average Bonchev–Trinajstić information content (AvgIpc) is 2.46. The number of likely N-dealkylation sites (tertiary alicyclic amines) is 1. The number of hydrogen-bond donors (Lipinski definition) is 1. The minimum absolute atomic E-state index is 0.0232. The van der Waals surface area contributed by atoms with E-state index in [2.05, 4.69) is 24.1 Å². The number of nitrogens with zero attached hydrogens (tertiary/aromatic N) is 1. The maximum absolute atomic E-state index is 12.2. The van der Waals surface area contributed by atoms with Crippen molar-refractivity contribution in [2.75, 3.05) is 19.6 Å². The molecule has 0 atom stereocenters. The minimum Gasteiger partial charge on any atom is -0.350 e. The number of carbonyl (C=O) groups excluding carboxylic acids is 1. The number of aryl methyl sites for hydroxylation is 1. The third-order valence-electron chi connectivity index (χ3n) is 4.21. The minimum atomic E-state index is 0.0232. The molecule has 0 radical (unpaired) electrons. The van der Waals surface area contributed by atoms with Gasteiger partial charge < -0.3 is 5.32 Å². The lowest BCUT2D eigenvalue weighted by Gasteiger charge is -2.41. The van der Waals surface area contributed by atoms with Crippen molar-refractivity contribution in [3.8, 4) is 0 Å². The molecular formula is C17H26N2O. The highest BCUT2D eigenvalue weighted by molar-refractivity contribution is 5.94. The SMILES string of the molecule is Cc1ccc(C(=O)NCC(C)(C)N2CCCCC2)cc1. The largest absolute Gasteiger partial charge is 0.350 e. The van der Waals surface area contributed by atoms with E-state index in [1.807, 2.05) is 31.2 Å². The summed E-state index contributed by atoms with van der Waals surface area (Å²) in [4.78, 5) is 14.6. The van der Waals surface area contributed by atoms with Crippen molar-refractivity contribution in [2.24, 2.45) is 0 Å². The molecule has 3 nitrogen and oxygen atoms in total. The summed E-state index contributed by atoms with van der Waals surface area (Å²) in [6.07, 6.45) is 3.88. The zero-order valence-electron chi connectivity index (χ0n) is 12.9. The van der Waals surface area contributed by atoms with Crippen LogP contribution in [0.2, 0.25) is 0 Å². The van der Waals surface area contributed by atoms with Crippen molar-refractivity contribution < 1.29 is 4.79 Å². The second-order valence-corrected chi connectivity index (χ2v) is 6.41. The molecule has 110 valence electrons. The van der Waals surface area contributed by atoms with Gasteiger partial charge in [0.2, 0.25) is 0 Å². The third-order valence-corrected chi connectivity index (χ3v) is 4.21. The second kappa shape index (κ2) is 6.40. The first-order chi connectivity index (χ1) is 9.49. The predicted molar refractivity (Wildman–Crippen MR) is 83.0 cm³/mol. The lowest BCUT2D eigenvalue weighted by atomic mass is 9.98. The molecule has 0 bridgehead atoms. The average molecular weight is 274 g/mol. The molecule has 1 aliphatic heterocycles. The number of hydrogen-bond acceptors (Lipinski definition) is 2. The number of piperidine rings is 1. The van der Waals surface area contributed by atoms with Crippen LogP contribution in [0, 0.1) is 6.92 Å². The third kappa shape index (κ3) is 3.83. The van der Waals surface area contributed by atoms with Crippen molar-refractivity contribution in [1.82, 2.24) is 10.2 Å². The maximum Gasteiger partial charge on any atom is 0.251 e. The molecule has 1 amide bonds. The van der Waals surface area contributed by atoms with Gasteiger partial charge in [-0.2, -0.15) is 0 Å². The first-order valence-electron chi connectivity index (χ1n) is 7.59. The summed E-state index contributed by atoms with van der Waals surface area (Å²) < 4.78 is 0. The molecule has 1 aromatic rings. The van der Waals surface area contributed by atoms with Crippen LogP contribution in [-0.2, 0) is 0 Å². The number of carbonyl (C=O) groups is 1. The standard InChI is InChI=1S/C17H26N2O/c1-14-7-9-15(10-8-14)16(20)18-13-17(2,3)19-11-5-4-6-12-19/h7-10H,4-6,11-13H2,1-3H3,(H,18,20). The fourth-order valence-electron chi connectivity index (χ4n) is 2.71. The van der Waals surface area contributed by atoms with E-state index < -0.39 is 0 Å². The van der Waals surface area contributed by atoms with Crippen LogP contribution in [0.1, 0.15) is 49.0 Å². The van der Waals surface area contributed by atoms with Gasteiger partial charge in [0.1, 0.15) is 0 Å². The number of amides is 1. The summed E-state index contributed by atoms with van der Waals surface area (Å²) in [7, 11) is 0. The highest BCUT2D eigenvalue weighted by Gasteiger charge is 2.28. The smallest absolute Gasteiger partial charge is 0.251 e.